The second-order valence-electron chi connectivity index (χ2n) is 4.44. The zero-order chi connectivity index (χ0) is 11.1. The number of nitrogens with one attached hydrogen (secondary N) is 1. The average molecular weight is 211 g/mol. The minimum absolute atomic E-state index is 0.561. The van der Waals surface area contributed by atoms with Crippen molar-refractivity contribution in [2.45, 2.75) is 38.8 Å². The van der Waals surface area contributed by atoms with Gasteiger partial charge in [-0.15, -0.1) is 0 Å². The first-order valence-electron chi connectivity index (χ1n) is 5.48. The summed E-state index contributed by atoms with van der Waals surface area (Å²) in [4.78, 5) is 0. The Balaban J connectivity index is 1.94. The maximum absolute atomic E-state index is 9.47. The summed E-state index contributed by atoms with van der Waals surface area (Å²) >= 11 is 0. The van der Waals surface area contributed by atoms with E-state index < -0.39 is 5.60 Å². The van der Waals surface area contributed by atoms with E-state index in [0.29, 0.717) is 0 Å². The van der Waals surface area contributed by atoms with Gasteiger partial charge >= 0.3 is 0 Å². The molecule has 0 bridgehead atoms. The summed E-state index contributed by atoms with van der Waals surface area (Å²) in [5.74, 6) is 0. The third kappa shape index (κ3) is 6.25. The lowest BCUT2D eigenvalue weighted by molar-refractivity contribution is 0.0712. The first-order chi connectivity index (χ1) is 7.08. The molecule has 1 aromatic rings. The minimum Gasteiger partial charge on any atom is -0.390 e. The van der Waals surface area contributed by atoms with Crippen LogP contribution in [0.25, 0.3) is 0 Å². The number of aliphatic hydroxyl groups is 1. The van der Waals surface area contributed by atoms with Gasteiger partial charge < -0.3 is 10.4 Å². The largest absolute Gasteiger partial charge is 0.390 e. The Kier molecular flexibility index (Phi) is 4.78. The van der Waals surface area contributed by atoms with Crippen LogP contribution in [0.3, 0.4) is 0 Å². The lowest BCUT2D eigenvalue weighted by Gasteiger charge is -2.16. The van der Waals surface area contributed by atoms with E-state index in [-0.39, 0.29) is 0 Å². The third-order valence-corrected chi connectivity index (χ3v) is 2.21. The van der Waals surface area contributed by atoms with Gasteiger partial charge in [0.15, 0.2) is 0 Å². The Morgan fingerprint density at radius 2 is 2.20 bits per heavy atom. The van der Waals surface area contributed by atoms with Gasteiger partial charge in [-0.2, -0.15) is 5.10 Å². The van der Waals surface area contributed by atoms with E-state index in [0.717, 1.165) is 32.5 Å². The van der Waals surface area contributed by atoms with Gasteiger partial charge in [-0.05, 0) is 45.8 Å². The van der Waals surface area contributed by atoms with Crippen LogP contribution in [0.4, 0.5) is 0 Å². The Labute approximate surface area is 91.3 Å². The average Bonchev–Trinajstić information content (AvgIpc) is 2.61. The molecule has 4 heteroatoms. The Hall–Kier alpha value is -0.870. The molecule has 86 valence electrons. The zero-order valence-electron chi connectivity index (χ0n) is 9.61. The highest BCUT2D eigenvalue weighted by molar-refractivity contribution is 4.77. The monoisotopic (exact) mass is 211 g/mol. The predicted octanol–water partition coefficient (Wildman–Crippen LogP) is 1.02. The second-order valence-corrected chi connectivity index (χ2v) is 4.44. The van der Waals surface area contributed by atoms with E-state index in [1.165, 1.54) is 0 Å². The van der Waals surface area contributed by atoms with Crippen LogP contribution in [0.5, 0.6) is 0 Å². The van der Waals surface area contributed by atoms with Crippen molar-refractivity contribution in [2.24, 2.45) is 0 Å². The molecule has 1 aromatic heterocycles. The number of aromatic nitrogens is 2. The molecule has 0 fully saturated rings. The summed E-state index contributed by atoms with van der Waals surface area (Å²) in [6.45, 7) is 6.44. The van der Waals surface area contributed by atoms with Gasteiger partial charge in [0.25, 0.3) is 0 Å². The maximum atomic E-state index is 9.47. The van der Waals surface area contributed by atoms with Crippen molar-refractivity contribution in [3.63, 3.8) is 0 Å². The van der Waals surface area contributed by atoms with Gasteiger partial charge in [0.1, 0.15) is 0 Å². The SMILES string of the molecule is CC(C)(O)CCNCCCn1cccn1. The number of hydrogen-bond acceptors (Lipinski definition) is 3. The Morgan fingerprint density at radius 3 is 2.80 bits per heavy atom. The van der Waals surface area contributed by atoms with Crippen LogP contribution in [0.2, 0.25) is 0 Å². The summed E-state index contributed by atoms with van der Waals surface area (Å²) in [5.41, 5.74) is -0.561. The molecule has 0 aliphatic rings. The molecule has 0 atom stereocenters. The van der Waals surface area contributed by atoms with Gasteiger partial charge in [0, 0.05) is 18.9 Å². The predicted molar refractivity (Wildman–Crippen MR) is 60.6 cm³/mol. The van der Waals surface area contributed by atoms with Gasteiger partial charge in [-0.1, -0.05) is 0 Å². The van der Waals surface area contributed by atoms with E-state index >= 15 is 0 Å². The first kappa shape index (κ1) is 12.2. The van der Waals surface area contributed by atoms with Crippen molar-refractivity contribution < 1.29 is 5.11 Å². The fourth-order valence-electron chi connectivity index (χ4n) is 1.32. The van der Waals surface area contributed by atoms with Crippen LogP contribution in [-0.2, 0) is 6.54 Å². The molecule has 2 N–H and O–H groups in total. The molecular weight excluding hydrogens is 190 g/mol. The molecule has 4 nitrogen and oxygen atoms in total. The lowest BCUT2D eigenvalue weighted by atomic mass is 10.1. The highest BCUT2D eigenvalue weighted by Crippen LogP contribution is 2.04. The zero-order valence-corrected chi connectivity index (χ0v) is 9.61. The fraction of sp³-hybridized carbons (Fsp3) is 0.727. The van der Waals surface area contributed by atoms with Gasteiger partial charge in [-0.25, -0.2) is 0 Å². The van der Waals surface area contributed by atoms with Crippen LogP contribution < -0.4 is 5.32 Å². The molecule has 1 heterocycles. The summed E-state index contributed by atoms with van der Waals surface area (Å²) < 4.78 is 1.93. The van der Waals surface area contributed by atoms with E-state index in [1.807, 2.05) is 30.8 Å². The molecular formula is C11H21N3O. The second kappa shape index (κ2) is 5.88. The third-order valence-electron chi connectivity index (χ3n) is 2.21. The number of hydrogen-bond donors (Lipinski definition) is 2. The lowest BCUT2D eigenvalue weighted by Crippen LogP contribution is -2.27. The summed E-state index contributed by atoms with van der Waals surface area (Å²) in [6, 6.07) is 1.93. The van der Waals surface area contributed by atoms with Crippen molar-refractivity contribution in [1.29, 1.82) is 0 Å². The summed E-state index contributed by atoms with van der Waals surface area (Å²) in [6.07, 6.45) is 5.61. The van der Waals surface area contributed by atoms with E-state index in [9.17, 15) is 5.11 Å². The molecule has 0 aliphatic heterocycles. The van der Waals surface area contributed by atoms with Crippen LogP contribution in [0.1, 0.15) is 26.7 Å². The molecule has 1 rings (SSSR count). The van der Waals surface area contributed by atoms with Crippen LogP contribution in [0, 0.1) is 0 Å². The maximum Gasteiger partial charge on any atom is 0.0603 e. The van der Waals surface area contributed by atoms with Gasteiger partial charge in [0.05, 0.1) is 5.60 Å². The fourth-order valence-corrected chi connectivity index (χ4v) is 1.32. The molecule has 0 aromatic carbocycles. The van der Waals surface area contributed by atoms with Crippen LogP contribution in [0.15, 0.2) is 18.5 Å². The molecule has 0 unspecified atom stereocenters. The Bertz CT molecular complexity index is 251. The first-order valence-corrected chi connectivity index (χ1v) is 5.48. The van der Waals surface area contributed by atoms with Crippen LogP contribution in [-0.4, -0.2) is 33.6 Å². The highest BCUT2D eigenvalue weighted by Gasteiger charge is 2.10. The summed E-state index contributed by atoms with van der Waals surface area (Å²) in [5, 5.41) is 16.9. The van der Waals surface area contributed by atoms with E-state index in [2.05, 4.69) is 10.4 Å². The quantitative estimate of drug-likeness (QED) is 0.662. The van der Waals surface area contributed by atoms with Crippen molar-refractivity contribution in [3.05, 3.63) is 18.5 Å². The van der Waals surface area contributed by atoms with Crippen molar-refractivity contribution in [3.8, 4) is 0 Å². The molecule has 0 saturated heterocycles. The topological polar surface area (TPSA) is 50.1 Å². The van der Waals surface area contributed by atoms with Crippen molar-refractivity contribution in [1.82, 2.24) is 15.1 Å². The van der Waals surface area contributed by atoms with E-state index in [1.54, 1.807) is 6.20 Å². The Morgan fingerprint density at radius 1 is 1.40 bits per heavy atom. The highest BCUT2D eigenvalue weighted by atomic mass is 16.3. The minimum atomic E-state index is -0.561. The number of aryl methyl sites for hydroxylation is 1. The molecule has 0 saturated carbocycles. The number of nitrogens with zero attached hydrogens (tertiary/aromatic N) is 2. The summed E-state index contributed by atoms with van der Waals surface area (Å²) in [7, 11) is 0. The van der Waals surface area contributed by atoms with Crippen LogP contribution >= 0.6 is 0 Å². The van der Waals surface area contributed by atoms with Crippen molar-refractivity contribution >= 4 is 0 Å². The number of rotatable bonds is 7. The normalized spacial score (nSPS) is 11.9. The molecule has 15 heavy (non-hydrogen) atoms. The van der Waals surface area contributed by atoms with Gasteiger partial charge in [0.2, 0.25) is 0 Å². The molecule has 0 radical (unpaired) electrons. The molecule has 0 aliphatic carbocycles. The standard InChI is InChI=1S/C11H21N3O/c1-11(2,15)5-8-12-6-3-9-14-10-4-7-13-14/h4,7,10,12,15H,3,5-6,8-9H2,1-2H3. The molecule has 0 spiro atoms. The molecule has 0 amide bonds. The van der Waals surface area contributed by atoms with Gasteiger partial charge in [-0.3, -0.25) is 4.68 Å². The van der Waals surface area contributed by atoms with E-state index in [4.69, 9.17) is 0 Å². The smallest absolute Gasteiger partial charge is 0.0603 e. The van der Waals surface area contributed by atoms with Crippen molar-refractivity contribution in [2.75, 3.05) is 13.1 Å².